The molecule has 0 radical (unpaired) electrons. The molecule has 0 spiro atoms. The minimum absolute atomic E-state index is 0.129. The lowest BCUT2D eigenvalue weighted by molar-refractivity contribution is 0.0936. The van der Waals surface area contributed by atoms with Crippen LogP contribution >= 0.6 is 0 Å². The van der Waals surface area contributed by atoms with E-state index in [-0.39, 0.29) is 22.4 Å². The molecule has 2 aliphatic rings. The summed E-state index contributed by atoms with van der Waals surface area (Å²) in [4.78, 5) is 13.3. The number of hydrogen-bond acceptors (Lipinski definition) is 4. The molecule has 0 unspecified atom stereocenters. The van der Waals surface area contributed by atoms with Crippen molar-refractivity contribution in [1.29, 1.82) is 0 Å². The third-order valence-electron chi connectivity index (χ3n) is 7.02. The van der Waals surface area contributed by atoms with Gasteiger partial charge in [0.2, 0.25) is 10.0 Å². The summed E-state index contributed by atoms with van der Waals surface area (Å²) >= 11 is 0. The van der Waals surface area contributed by atoms with Crippen LogP contribution in [0.25, 0.3) is 0 Å². The molecule has 7 heteroatoms. The topological polar surface area (TPSA) is 75.7 Å². The van der Waals surface area contributed by atoms with E-state index in [1.165, 1.54) is 47.5 Å². The summed E-state index contributed by atoms with van der Waals surface area (Å²) in [5.41, 5.74) is 4.04. The number of carbonyl (C=O) groups is 1. The molecule has 2 aromatic carbocycles. The molecule has 0 saturated carbocycles. The fourth-order valence-electron chi connectivity index (χ4n) is 4.78. The van der Waals surface area contributed by atoms with Gasteiger partial charge in [0.15, 0.2) is 0 Å². The predicted molar refractivity (Wildman–Crippen MR) is 129 cm³/mol. The van der Waals surface area contributed by atoms with Gasteiger partial charge in [0.25, 0.3) is 5.91 Å². The van der Waals surface area contributed by atoms with E-state index in [9.17, 15) is 13.2 Å². The molecule has 6 nitrogen and oxygen atoms in total. The lowest BCUT2D eigenvalue weighted by Crippen LogP contribution is -2.38. The number of carbonyl (C=O) groups excluding carboxylic acids is 1. The van der Waals surface area contributed by atoms with Crippen molar-refractivity contribution in [2.75, 3.05) is 20.2 Å². The second-order valence-electron chi connectivity index (χ2n) is 9.38. The zero-order valence-electron chi connectivity index (χ0n) is 19.8. The number of amides is 1. The number of ether oxygens (including phenoxy) is 1. The molecule has 2 aromatic rings. The van der Waals surface area contributed by atoms with Crippen molar-refractivity contribution in [2.45, 2.75) is 63.3 Å². The molecule has 33 heavy (non-hydrogen) atoms. The number of benzene rings is 2. The minimum Gasteiger partial charge on any atom is -0.496 e. The second-order valence-corrected chi connectivity index (χ2v) is 11.3. The van der Waals surface area contributed by atoms with E-state index in [1.54, 1.807) is 6.07 Å². The molecule has 1 aliphatic heterocycles. The van der Waals surface area contributed by atoms with Gasteiger partial charge in [-0.2, -0.15) is 4.31 Å². The van der Waals surface area contributed by atoms with Gasteiger partial charge in [-0.05, 0) is 86.3 Å². The fraction of sp³-hybridized carbons (Fsp3) is 0.500. The number of hydrogen-bond donors (Lipinski definition) is 1. The Hall–Kier alpha value is -2.38. The van der Waals surface area contributed by atoms with Crippen molar-refractivity contribution in [1.82, 2.24) is 9.62 Å². The molecule has 0 bridgehead atoms. The number of sulfonamides is 1. The Balaban J connectivity index is 1.55. The summed E-state index contributed by atoms with van der Waals surface area (Å²) in [6, 6.07) is 10.8. The smallest absolute Gasteiger partial charge is 0.255 e. The SMILES string of the molecule is COc1ccc(S(=O)(=O)N2CCC(C)CC2)cc1C(=O)N[C@@H](C)c1ccc2c(c1)CCCC2. The standard InChI is InChI=1S/C26H34N2O4S/c1-18-12-14-28(15-13-18)33(30,31)23-10-11-25(32-3)24(17-23)26(29)27-19(2)21-9-8-20-6-4-5-7-22(20)16-21/h8-11,16-19H,4-7,12-15H2,1-3H3,(H,27,29)/t19-/m0/s1. The van der Waals surface area contributed by atoms with Gasteiger partial charge in [0.1, 0.15) is 5.75 Å². The minimum atomic E-state index is -3.66. The average molecular weight is 471 g/mol. The maximum Gasteiger partial charge on any atom is 0.255 e. The number of aryl methyl sites for hydroxylation is 2. The second kappa shape index (κ2) is 9.85. The molecule has 1 aliphatic carbocycles. The van der Waals surface area contributed by atoms with E-state index in [4.69, 9.17) is 4.74 Å². The van der Waals surface area contributed by atoms with Gasteiger partial charge in [0, 0.05) is 13.1 Å². The third-order valence-corrected chi connectivity index (χ3v) is 8.91. The fourth-order valence-corrected chi connectivity index (χ4v) is 6.28. The number of fused-ring (bicyclic) bond motifs is 1. The van der Waals surface area contributed by atoms with E-state index < -0.39 is 10.0 Å². The predicted octanol–water partition coefficient (Wildman–Crippen LogP) is 4.49. The third kappa shape index (κ3) is 5.09. The van der Waals surface area contributed by atoms with E-state index in [2.05, 4.69) is 30.4 Å². The van der Waals surface area contributed by atoms with E-state index in [0.29, 0.717) is 24.8 Å². The maximum atomic E-state index is 13.2. The highest BCUT2D eigenvalue weighted by Crippen LogP contribution is 2.29. The Kier molecular flexibility index (Phi) is 7.10. The molecule has 1 heterocycles. The van der Waals surface area contributed by atoms with Crippen LogP contribution < -0.4 is 10.1 Å². The normalized spacial score (nSPS) is 18.4. The van der Waals surface area contributed by atoms with Crippen LogP contribution in [0.4, 0.5) is 0 Å². The van der Waals surface area contributed by atoms with Crippen LogP contribution in [0, 0.1) is 5.92 Å². The average Bonchev–Trinajstić information content (AvgIpc) is 2.83. The monoisotopic (exact) mass is 470 g/mol. The van der Waals surface area contributed by atoms with Crippen LogP contribution in [-0.4, -0.2) is 38.8 Å². The first-order valence-electron chi connectivity index (χ1n) is 11.9. The highest BCUT2D eigenvalue weighted by molar-refractivity contribution is 7.89. The molecule has 1 saturated heterocycles. The van der Waals surface area contributed by atoms with Gasteiger partial charge in [-0.1, -0.05) is 25.1 Å². The molecular weight excluding hydrogens is 436 g/mol. The highest BCUT2D eigenvalue weighted by Gasteiger charge is 2.29. The van der Waals surface area contributed by atoms with Crippen LogP contribution in [0.5, 0.6) is 5.75 Å². The van der Waals surface area contributed by atoms with Gasteiger partial charge in [0.05, 0.1) is 23.6 Å². The highest BCUT2D eigenvalue weighted by atomic mass is 32.2. The Morgan fingerprint density at radius 3 is 2.45 bits per heavy atom. The Morgan fingerprint density at radius 2 is 1.76 bits per heavy atom. The Labute approximate surface area is 197 Å². The van der Waals surface area contributed by atoms with Crippen molar-refractivity contribution in [2.24, 2.45) is 5.92 Å². The van der Waals surface area contributed by atoms with Crippen molar-refractivity contribution in [3.05, 3.63) is 58.7 Å². The molecule has 1 N–H and O–H groups in total. The lowest BCUT2D eigenvalue weighted by atomic mass is 9.89. The summed E-state index contributed by atoms with van der Waals surface area (Å²) in [5.74, 6) is 0.538. The van der Waals surface area contributed by atoms with E-state index >= 15 is 0 Å². The summed E-state index contributed by atoms with van der Waals surface area (Å²) in [6.45, 7) is 5.10. The lowest BCUT2D eigenvalue weighted by Gasteiger charge is -2.29. The quantitative estimate of drug-likeness (QED) is 0.675. The summed E-state index contributed by atoms with van der Waals surface area (Å²) < 4.78 is 33.3. The number of methoxy groups -OCH3 is 1. The Bertz CT molecular complexity index is 1120. The molecule has 1 fully saturated rings. The first-order chi connectivity index (χ1) is 15.8. The Morgan fingerprint density at radius 1 is 1.06 bits per heavy atom. The number of nitrogens with one attached hydrogen (secondary N) is 1. The molecule has 4 rings (SSSR count). The zero-order valence-corrected chi connectivity index (χ0v) is 20.6. The largest absolute Gasteiger partial charge is 0.496 e. The first kappa shape index (κ1) is 23.8. The van der Waals surface area contributed by atoms with Crippen LogP contribution in [-0.2, 0) is 22.9 Å². The van der Waals surface area contributed by atoms with Crippen LogP contribution in [0.1, 0.15) is 72.6 Å². The van der Waals surface area contributed by atoms with Crippen LogP contribution in [0.3, 0.4) is 0 Å². The van der Waals surface area contributed by atoms with Crippen molar-refractivity contribution < 1.29 is 17.9 Å². The van der Waals surface area contributed by atoms with Gasteiger partial charge >= 0.3 is 0 Å². The number of nitrogens with zero attached hydrogens (tertiary/aromatic N) is 1. The maximum absolute atomic E-state index is 13.2. The van der Waals surface area contributed by atoms with Gasteiger partial charge in [-0.25, -0.2) is 8.42 Å². The molecule has 1 amide bonds. The molecule has 1 atom stereocenters. The van der Waals surface area contributed by atoms with Crippen molar-refractivity contribution >= 4 is 15.9 Å². The summed E-state index contributed by atoms with van der Waals surface area (Å²) in [6.07, 6.45) is 6.32. The zero-order chi connectivity index (χ0) is 23.6. The van der Waals surface area contributed by atoms with Gasteiger partial charge in [-0.3, -0.25) is 4.79 Å². The number of piperidine rings is 1. The molecule has 178 valence electrons. The summed E-state index contributed by atoms with van der Waals surface area (Å²) in [7, 11) is -2.17. The van der Waals surface area contributed by atoms with Gasteiger partial charge < -0.3 is 10.1 Å². The van der Waals surface area contributed by atoms with Crippen LogP contribution in [0.15, 0.2) is 41.3 Å². The van der Waals surface area contributed by atoms with Crippen molar-refractivity contribution in [3.8, 4) is 5.75 Å². The number of rotatable bonds is 6. The van der Waals surface area contributed by atoms with Crippen LogP contribution in [0.2, 0.25) is 0 Å². The van der Waals surface area contributed by atoms with Crippen molar-refractivity contribution in [3.63, 3.8) is 0 Å². The van der Waals surface area contributed by atoms with E-state index in [0.717, 1.165) is 31.2 Å². The molecule has 0 aromatic heterocycles. The van der Waals surface area contributed by atoms with E-state index in [1.807, 2.05) is 6.92 Å². The summed E-state index contributed by atoms with van der Waals surface area (Å²) in [5, 5.41) is 3.03. The van der Waals surface area contributed by atoms with Gasteiger partial charge in [-0.15, -0.1) is 0 Å². The first-order valence-corrected chi connectivity index (χ1v) is 13.3. The molecular formula is C26H34N2O4S.